The maximum absolute atomic E-state index is 13.4. The van der Waals surface area contributed by atoms with Gasteiger partial charge in [-0.1, -0.05) is 54.6 Å². The molecule has 7 nitrogen and oxygen atoms in total. The van der Waals surface area contributed by atoms with E-state index in [0.717, 1.165) is 11.1 Å². The number of carbonyl (C=O) groups excluding carboxylic acids is 1. The zero-order valence-electron chi connectivity index (χ0n) is 17.5. The highest BCUT2D eigenvalue weighted by atomic mass is 16.7. The third-order valence-corrected chi connectivity index (χ3v) is 5.45. The summed E-state index contributed by atoms with van der Waals surface area (Å²) in [5.74, 6) is 1.10. The highest BCUT2D eigenvalue weighted by Crippen LogP contribution is 2.32. The van der Waals surface area contributed by atoms with Gasteiger partial charge in [0.15, 0.2) is 17.2 Å². The van der Waals surface area contributed by atoms with E-state index in [9.17, 15) is 9.59 Å². The predicted molar refractivity (Wildman–Crippen MR) is 120 cm³/mol. The topological polar surface area (TPSA) is 73.7 Å². The molecular formula is C25H21N3O4. The molecule has 1 aliphatic rings. The summed E-state index contributed by atoms with van der Waals surface area (Å²) in [4.78, 5) is 28.0. The van der Waals surface area contributed by atoms with Gasteiger partial charge in [-0.25, -0.2) is 4.68 Å². The van der Waals surface area contributed by atoms with Crippen LogP contribution in [0.1, 0.15) is 21.6 Å². The first-order valence-electron chi connectivity index (χ1n) is 10.3. The normalized spacial score (nSPS) is 12.2. The first-order chi connectivity index (χ1) is 15.6. The summed E-state index contributed by atoms with van der Waals surface area (Å²) in [5, 5.41) is 5.50. The number of carbonyl (C=O) groups is 1. The molecule has 0 fully saturated rings. The van der Waals surface area contributed by atoms with E-state index in [1.165, 1.54) is 4.68 Å². The molecule has 32 heavy (non-hydrogen) atoms. The van der Waals surface area contributed by atoms with E-state index in [4.69, 9.17) is 9.47 Å². The second-order valence-electron chi connectivity index (χ2n) is 7.69. The van der Waals surface area contributed by atoms with E-state index in [1.807, 2.05) is 48.5 Å². The molecule has 3 aromatic carbocycles. The van der Waals surface area contributed by atoms with Crippen LogP contribution in [0, 0.1) is 0 Å². The van der Waals surface area contributed by atoms with Crippen molar-refractivity contribution < 1.29 is 14.3 Å². The predicted octanol–water partition coefficient (Wildman–Crippen LogP) is 3.45. The van der Waals surface area contributed by atoms with Crippen molar-refractivity contribution in [2.24, 2.45) is 0 Å². The van der Waals surface area contributed by atoms with Crippen LogP contribution in [0.3, 0.4) is 0 Å². The lowest BCUT2D eigenvalue weighted by atomic mass is 10.1. The molecule has 0 N–H and O–H groups in total. The fraction of sp³-hybridized carbons (Fsp3) is 0.160. The van der Waals surface area contributed by atoms with Crippen LogP contribution in [0.25, 0.3) is 10.8 Å². The molecule has 0 bridgehead atoms. The van der Waals surface area contributed by atoms with Crippen molar-refractivity contribution in [2.45, 2.75) is 13.1 Å². The van der Waals surface area contributed by atoms with Crippen molar-refractivity contribution in [1.82, 2.24) is 14.7 Å². The van der Waals surface area contributed by atoms with Crippen molar-refractivity contribution in [3.8, 4) is 11.5 Å². The zero-order chi connectivity index (χ0) is 22.1. The number of ether oxygens (including phenoxy) is 2. The zero-order valence-corrected chi connectivity index (χ0v) is 17.5. The minimum Gasteiger partial charge on any atom is -0.454 e. The number of amides is 1. The molecule has 0 aliphatic carbocycles. The molecule has 7 heteroatoms. The van der Waals surface area contributed by atoms with Crippen molar-refractivity contribution >= 4 is 16.7 Å². The fourth-order valence-electron chi connectivity index (χ4n) is 3.82. The van der Waals surface area contributed by atoms with Gasteiger partial charge in [0.1, 0.15) is 0 Å². The average Bonchev–Trinajstić information content (AvgIpc) is 3.29. The molecule has 4 aromatic rings. The lowest BCUT2D eigenvalue weighted by Gasteiger charge is -2.19. The van der Waals surface area contributed by atoms with Crippen LogP contribution in [0.2, 0.25) is 0 Å². The van der Waals surface area contributed by atoms with Crippen LogP contribution >= 0.6 is 0 Å². The third-order valence-electron chi connectivity index (χ3n) is 5.45. The minimum absolute atomic E-state index is 0.201. The summed E-state index contributed by atoms with van der Waals surface area (Å²) in [6, 6.07) is 22.3. The number of aromatic nitrogens is 2. The van der Waals surface area contributed by atoms with Gasteiger partial charge in [0, 0.05) is 19.0 Å². The van der Waals surface area contributed by atoms with E-state index in [1.54, 1.807) is 36.2 Å². The maximum Gasteiger partial charge on any atom is 0.274 e. The Morgan fingerprint density at radius 3 is 2.47 bits per heavy atom. The number of fused-ring (bicyclic) bond motifs is 2. The Hall–Kier alpha value is -4.13. The summed E-state index contributed by atoms with van der Waals surface area (Å²) < 4.78 is 12.1. The van der Waals surface area contributed by atoms with Gasteiger partial charge in [0.2, 0.25) is 6.79 Å². The summed E-state index contributed by atoms with van der Waals surface area (Å²) in [5.41, 5.74) is 1.87. The van der Waals surface area contributed by atoms with E-state index >= 15 is 0 Å². The number of hydrogen-bond acceptors (Lipinski definition) is 5. The molecule has 0 unspecified atom stereocenters. The standard InChI is InChI=1S/C25H21N3O4/c1-27(14-18-11-12-21-22(13-18)32-16-31-21)25(30)23-19-9-5-6-10-20(19)24(29)28(26-23)15-17-7-3-2-4-8-17/h2-13H,14-16H2,1H3. The van der Waals surface area contributed by atoms with Crippen LogP contribution in [-0.2, 0) is 13.1 Å². The monoisotopic (exact) mass is 427 g/mol. The first-order valence-corrected chi connectivity index (χ1v) is 10.3. The molecule has 2 heterocycles. The lowest BCUT2D eigenvalue weighted by molar-refractivity contribution is 0.0778. The Morgan fingerprint density at radius 2 is 1.66 bits per heavy atom. The summed E-state index contributed by atoms with van der Waals surface area (Å²) in [6.45, 7) is 0.854. The summed E-state index contributed by atoms with van der Waals surface area (Å²) >= 11 is 0. The van der Waals surface area contributed by atoms with Crippen LogP contribution in [0.4, 0.5) is 0 Å². The molecule has 0 spiro atoms. The Kier molecular flexibility index (Phi) is 5.07. The molecule has 0 radical (unpaired) electrons. The number of hydrogen-bond donors (Lipinski definition) is 0. The van der Waals surface area contributed by atoms with Crippen molar-refractivity contribution in [3.63, 3.8) is 0 Å². The second-order valence-corrected chi connectivity index (χ2v) is 7.69. The van der Waals surface area contributed by atoms with Crippen molar-refractivity contribution in [3.05, 3.63) is 100.0 Å². The molecule has 0 saturated carbocycles. The lowest BCUT2D eigenvalue weighted by Crippen LogP contribution is -2.32. The fourth-order valence-corrected chi connectivity index (χ4v) is 3.82. The van der Waals surface area contributed by atoms with Gasteiger partial charge in [-0.2, -0.15) is 5.10 Å². The van der Waals surface area contributed by atoms with Gasteiger partial charge >= 0.3 is 0 Å². The third kappa shape index (κ3) is 3.69. The molecule has 0 saturated heterocycles. The SMILES string of the molecule is CN(Cc1ccc2c(c1)OCO2)C(=O)c1nn(Cc2ccccc2)c(=O)c2ccccc12. The molecule has 1 amide bonds. The Labute approximate surface area is 184 Å². The Morgan fingerprint density at radius 1 is 0.938 bits per heavy atom. The van der Waals surface area contributed by atoms with Gasteiger partial charge in [-0.05, 0) is 29.3 Å². The highest BCUT2D eigenvalue weighted by Gasteiger charge is 2.21. The quantitative estimate of drug-likeness (QED) is 0.488. The smallest absolute Gasteiger partial charge is 0.274 e. The molecule has 1 aromatic heterocycles. The van der Waals surface area contributed by atoms with E-state index < -0.39 is 0 Å². The first kappa shape index (κ1) is 19.8. The van der Waals surface area contributed by atoms with E-state index in [2.05, 4.69) is 5.10 Å². The largest absolute Gasteiger partial charge is 0.454 e. The summed E-state index contributed by atoms with van der Waals surface area (Å²) in [6.07, 6.45) is 0. The number of nitrogens with zero attached hydrogens (tertiary/aromatic N) is 3. The van der Waals surface area contributed by atoms with Crippen LogP contribution < -0.4 is 15.0 Å². The second kappa shape index (κ2) is 8.19. The van der Waals surface area contributed by atoms with Crippen molar-refractivity contribution in [1.29, 1.82) is 0 Å². The minimum atomic E-state index is -0.263. The Balaban J connectivity index is 1.50. The highest BCUT2D eigenvalue weighted by molar-refractivity contribution is 6.04. The van der Waals surface area contributed by atoms with Gasteiger partial charge in [0.05, 0.1) is 11.9 Å². The number of benzene rings is 3. The summed E-state index contributed by atoms with van der Waals surface area (Å²) in [7, 11) is 1.72. The average molecular weight is 427 g/mol. The van der Waals surface area contributed by atoms with E-state index in [-0.39, 0.29) is 30.5 Å². The van der Waals surface area contributed by atoms with Gasteiger partial charge in [-0.15, -0.1) is 0 Å². The number of rotatable bonds is 5. The van der Waals surface area contributed by atoms with Crippen LogP contribution in [0.15, 0.2) is 77.6 Å². The van der Waals surface area contributed by atoms with Gasteiger partial charge in [0.25, 0.3) is 11.5 Å². The van der Waals surface area contributed by atoms with E-state index in [0.29, 0.717) is 28.8 Å². The van der Waals surface area contributed by atoms with Crippen molar-refractivity contribution in [2.75, 3.05) is 13.8 Å². The van der Waals surface area contributed by atoms with Crippen LogP contribution in [0.5, 0.6) is 11.5 Å². The van der Waals surface area contributed by atoms with Gasteiger partial charge in [-0.3, -0.25) is 9.59 Å². The van der Waals surface area contributed by atoms with Gasteiger partial charge < -0.3 is 14.4 Å². The Bertz CT molecular complexity index is 1360. The molecule has 1 aliphatic heterocycles. The molecule has 160 valence electrons. The van der Waals surface area contributed by atoms with Crippen LogP contribution in [-0.4, -0.2) is 34.4 Å². The molecule has 5 rings (SSSR count). The molecular weight excluding hydrogens is 406 g/mol. The maximum atomic E-state index is 13.4. The molecule has 0 atom stereocenters.